The van der Waals surface area contributed by atoms with Gasteiger partial charge in [-0.25, -0.2) is 14.6 Å². The summed E-state index contributed by atoms with van der Waals surface area (Å²) in [6.45, 7) is 5.79. The monoisotopic (exact) mass is 395 g/mol. The summed E-state index contributed by atoms with van der Waals surface area (Å²) >= 11 is 6.67. The van der Waals surface area contributed by atoms with Crippen molar-refractivity contribution in [1.82, 2.24) is 4.98 Å². The van der Waals surface area contributed by atoms with E-state index in [1.54, 1.807) is 13.2 Å². The van der Waals surface area contributed by atoms with Crippen LogP contribution in [0.3, 0.4) is 0 Å². The summed E-state index contributed by atoms with van der Waals surface area (Å²) in [5.41, 5.74) is 0.146. The topological polar surface area (TPSA) is 74.7 Å². The Labute approximate surface area is 145 Å². The highest BCUT2D eigenvalue weighted by molar-refractivity contribution is 9.10. The number of carbonyl (C=O) groups excluding carboxylic acids is 2. The fourth-order valence-corrected chi connectivity index (χ4v) is 1.52. The molecule has 1 aromatic heterocycles. The molecule has 0 amide bonds. The summed E-state index contributed by atoms with van der Waals surface area (Å²) in [6, 6.07) is 2.96. The van der Waals surface area contributed by atoms with Gasteiger partial charge in [-0.15, -0.1) is 0 Å². The lowest BCUT2D eigenvalue weighted by Crippen LogP contribution is -2.15. The number of halogens is 1. The molecule has 1 rings (SSSR count). The number of pyridine rings is 1. The van der Waals surface area contributed by atoms with Crippen LogP contribution in [0.2, 0.25) is 0 Å². The van der Waals surface area contributed by atoms with Crippen LogP contribution in [0.15, 0.2) is 16.7 Å². The van der Waals surface area contributed by atoms with Gasteiger partial charge in [-0.2, -0.15) is 12.6 Å². The normalized spacial score (nSPS) is 8.50. The van der Waals surface area contributed by atoms with Crippen LogP contribution in [-0.4, -0.2) is 43.5 Å². The van der Waals surface area contributed by atoms with E-state index in [0.717, 1.165) is 0 Å². The van der Waals surface area contributed by atoms with Crippen molar-refractivity contribution in [1.29, 1.82) is 0 Å². The Morgan fingerprint density at radius 3 is 2.32 bits per heavy atom. The number of nitrogens with zero attached hydrogens (tertiary/aromatic N) is 1. The molecule has 22 heavy (non-hydrogen) atoms. The van der Waals surface area contributed by atoms with Gasteiger partial charge in [0.05, 0.1) is 13.7 Å². The Morgan fingerprint density at radius 2 is 1.86 bits per heavy atom. The number of aromatic nitrogens is 1. The van der Waals surface area contributed by atoms with Crippen molar-refractivity contribution in [3.8, 4) is 5.75 Å². The van der Waals surface area contributed by atoms with E-state index in [2.05, 4.69) is 38.3 Å². The predicted octanol–water partition coefficient (Wildman–Crippen LogP) is 3.14. The first-order valence-electron chi connectivity index (χ1n) is 6.56. The second-order valence-electron chi connectivity index (χ2n) is 3.07. The van der Waals surface area contributed by atoms with Crippen LogP contribution >= 0.6 is 28.6 Å². The molecule has 0 bridgehead atoms. The molecule has 0 saturated heterocycles. The summed E-state index contributed by atoms with van der Waals surface area (Å²) in [7, 11) is 1.27. The predicted molar refractivity (Wildman–Crippen MR) is 91.7 cm³/mol. The Morgan fingerprint density at radius 1 is 1.27 bits per heavy atom. The first-order chi connectivity index (χ1) is 10.6. The van der Waals surface area contributed by atoms with E-state index in [-0.39, 0.29) is 12.3 Å². The molecule has 0 aromatic carbocycles. The zero-order chi connectivity index (χ0) is 17.5. The van der Waals surface area contributed by atoms with E-state index in [0.29, 0.717) is 17.0 Å². The van der Waals surface area contributed by atoms with Crippen LogP contribution in [0.5, 0.6) is 5.75 Å². The van der Waals surface area contributed by atoms with Crippen LogP contribution in [0.25, 0.3) is 0 Å². The summed E-state index contributed by atoms with van der Waals surface area (Å²) in [5.74, 6) is -0.676. The minimum atomic E-state index is -0.548. The highest BCUT2D eigenvalue weighted by Gasteiger charge is 2.12. The van der Waals surface area contributed by atoms with Gasteiger partial charge in [0.15, 0.2) is 12.4 Å². The molecule has 0 N–H and O–H groups in total. The lowest BCUT2D eigenvalue weighted by atomic mass is 10.3. The molecular formula is C14H22BrNO5S. The van der Waals surface area contributed by atoms with Gasteiger partial charge < -0.3 is 14.2 Å². The quantitative estimate of drug-likeness (QED) is 0.468. The Balaban J connectivity index is 0. The summed E-state index contributed by atoms with van der Waals surface area (Å²) < 4.78 is 14.7. The van der Waals surface area contributed by atoms with Gasteiger partial charge in [-0.1, -0.05) is 13.8 Å². The molecule has 1 heterocycles. The maximum Gasteiger partial charge on any atom is 0.356 e. The van der Waals surface area contributed by atoms with Crippen LogP contribution in [0, 0.1) is 0 Å². The van der Waals surface area contributed by atoms with E-state index in [1.807, 2.05) is 13.8 Å². The van der Waals surface area contributed by atoms with E-state index < -0.39 is 11.9 Å². The second-order valence-corrected chi connectivity index (χ2v) is 3.82. The van der Waals surface area contributed by atoms with Crippen molar-refractivity contribution < 1.29 is 23.8 Å². The first-order valence-corrected chi connectivity index (χ1v) is 8.25. The molecule has 0 atom stereocenters. The zero-order valence-corrected chi connectivity index (χ0v) is 15.9. The van der Waals surface area contributed by atoms with Crippen molar-refractivity contribution in [2.75, 3.05) is 26.6 Å². The molecule has 0 saturated carbocycles. The van der Waals surface area contributed by atoms with Gasteiger partial charge in [0.1, 0.15) is 10.3 Å². The van der Waals surface area contributed by atoms with Crippen molar-refractivity contribution in [3.05, 3.63) is 22.4 Å². The number of methoxy groups -OCH3 is 1. The number of esters is 2. The maximum absolute atomic E-state index is 11.2. The van der Waals surface area contributed by atoms with E-state index in [9.17, 15) is 9.59 Å². The van der Waals surface area contributed by atoms with Gasteiger partial charge in [0.2, 0.25) is 0 Å². The number of rotatable bonds is 5. The summed E-state index contributed by atoms with van der Waals surface area (Å²) in [5, 5.41) is 0. The average molecular weight is 396 g/mol. The van der Waals surface area contributed by atoms with Crippen molar-refractivity contribution in [2.45, 2.75) is 20.8 Å². The first kappa shape index (κ1) is 23.0. The molecule has 0 spiro atoms. The third kappa shape index (κ3) is 8.89. The number of ether oxygens (including phenoxy) is 3. The second kappa shape index (κ2) is 14.6. The minimum absolute atomic E-state index is 0.146. The van der Waals surface area contributed by atoms with E-state index in [1.165, 1.54) is 19.2 Å². The number of thiol groups is 1. The fourth-order valence-electron chi connectivity index (χ4n) is 1.09. The van der Waals surface area contributed by atoms with Crippen LogP contribution < -0.4 is 4.74 Å². The van der Waals surface area contributed by atoms with Crippen molar-refractivity contribution >= 4 is 40.5 Å². The third-order valence-electron chi connectivity index (χ3n) is 1.86. The van der Waals surface area contributed by atoms with Gasteiger partial charge in [-0.05, 0) is 41.2 Å². The lowest BCUT2D eigenvalue weighted by Gasteiger charge is -2.07. The van der Waals surface area contributed by atoms with Gasteiger partial charge in [0, 0.05) is 0 Å². The van der Waals surface area contributed by atoms with Crippen molar-refractivity contribution in [3.63, 3.8) is 0 Å². The minimum Gasteiger partial charge on any atom is -0.479 e. The van der Waals surface area contributed by atoms with Gasteiger partial charge in [-0.3, -0.25) is 0 Å². The Hall–Kier alpha value is -1.28. The van der Waals surface area contributed by atoms with Gasteiger partial charge in [0.25, 0.3) is 0 Å². The zero-order valence-electron chi connectivity index (χ0n) is 13.4. The largest absolute Gasteiger partial charge is 0.479 e. The molecule has 0 radical (unpaired) electrons. The molecular weight excluding hydrogens is 374 g/mol. The number of hydrogen-bond donors (Lipinski definition) is 1. The molecule has 1 aromatic rings. The smallest absolute Gasteiger partial charge is 0.356 e. The molecule has 0 aliphatic heterocycles. The SMILES string of the molecule is CC.CCOC(=O)COc1ccc(C(=O)OC)nc1Br.CS. The number of carbonyl (C=O) groups is 2. The third-order valence-corrected chi connectivity index (χ3v) is 2.43. The number of hydrogen-bond acceptors (Lipinski definition) is 7. The van der Waals surface area contributed by atoms with Gasteiger partial charge >= 0.3 is 11.9 Å². The summed E-state index contributed by atoms with van der Waals surface area (Å²) in [6.07, 6.45) is 1.69. The van der Waals surface area contributed by atoms with Crippen LogP contribution in [0.4, 0.5) is 0 Å². The maximum atomic E-state index is 11.2. The fraction of sp³-hybridized carbons (Fsp3) is 0.500. The molecule has 126 valence electrons. The standard InChI is InChI=1S/C11H12BrNO5.C2H6.CH4S/c1-3-17-9(14)6-18-8-5-4-7(11(15)16-2)13-10(8)12;2*1-2/h4-5H,3,6H2,1-2H3;1-2H3;2H,1H3. The Kier molecular flexibility index (Phi) is 15.3. The molecule has 0 aliphatic carbocycles. The van der Waals surface area contributed by atoms with E-state index >= 15 is 0 Å². The molecule has 0 unspecified atom stereocenters. The van der Waals surface area contributed by atoms with E-state index in [4.69, 9.17) is 9.47 Å². The van der Waals surface area contributed by atoms with Crippen LogP contribution in [0.1, 0.15) is 31.3 Å². The molecule has 0 fully saturated rings. The lowest BCUT2D eigenvalue weighted by molar-refractivity contribution is -0.145. The molecule has 0 aliphatic rings. The highest BCUT2D eigenvalue weighted by atomic mass is 79.9. The average Bonchev–Trinajstić information content (AvgIpc) is 2.57. The van der Waals surface area contributed by atoms with Crippen LogP contribution in [-0.2, 0) is 14.3 Å². The summed E-state index contributed by atoms with van der Waals surface area (Å²) in [4.78, 5) is 26.2. The highest BCUT2D eigenvalue weighted by Crippen LogP contribution is 2.23. The Bertz CT molecular complexity index is 457. The molecule has 8 heteroatoms. The molecule has 6 nitrogen and oxygen atoms in total. The van der Waals surface area contributed by atoms with Crippen molar-refractivity contribution in [2.24, 2.45) is 0 Å².